The summed E-state index contributed by atoms with van der Waals surface area (Å²) in [5.41, 5.74) is 0.139. The summed E-state index contributed by atoms with van der Waals surface area (Å²) in [6.45, 7) is -3.03. The van der Waals surface area contributed by atoms with E-state index in [9.17, 15) is 13.2 Å². The molecular formula is C8H6ClF3O. The minimum Gasteiger partial charge on any atom is -0.432 e. The van der Waals surface area contributed by atoms with Crippen molar-refractivity contribution >= 4 is 11.6 Å². The summed E-state index contributed by atoms with van der Waals surface area (Å²) in [6, 6.07) is 3.93. The van der Waals surface area contributed by atoms with E-state index in [0.29, 0.717) is 0 Å². The lowest BCUT2D eigenvalue weighted by Gasteiger charge is -2.07. The van der Waals surface area contributed by atoms with Gasteiger partial charge in [-0.3, -0.25) is 0 Å². The third-order valence-electron chi connectivity index (χ3n) is 1.40. The molecule has 0 radical (unpaired) electrons. The van der Waals surface area contributed by atoms with Gasteiger partial charge in [0.2, 0.25) is 0 Å². The molecule has 0 amide bonds. The molecular weight excluding hydrogens is 205 g/mol. The van der Waals surface area contributed by atoms with Crippen molar-refractivity contribution in [3.05, 3.63) is 29.6 Å². The van der Waals surface area contributed by atoms with E-state index >= 15 is 0 Å². The number of alkyl halides is 3. The van der Waals surface area contributed by atoms with Gasteiger partial charge in [0.15, 0.2) is 11.6 Å². The fraction of sp³-hybridized carbons (Fsp3) is 0.250. The number of ether oxygens (including phenoxy) is 1. The zero-order valence-corrected chi connectivity index (χ0v) is 7.19. The Bertz CT molecular complexity index is 291. The van der Waals surface area contributed by atoms with Crippen LogP contribution >= 0.6 is 11.6 Å². The molecule has 0 saturated carbocycles. The Balaban J connectivity index is 2.94. The maximum atomic E-state index is 13.1. The Morgan fingerprint density at radius 2 is 2.08 bits per heavy atom. The summed E-state index contributed by atoms with van der Waals surface area (Å²) >= 11 is 5.36. The van der Waals surface area contributed by atoms with E-state index < -0.39 is 18.2 Å². The average molecular weight is 211 g/mol. The molecule has 72 valence electrons. The van der Waals surface area contributed by atoms with Gasteiger partial charge in [-0.25, -0.2) is 4.39 Å². The molecule has 0 spiro atoms. The lowest BCUT2D eigenvalue weighted by atomic mass is 10.2. The van der Waals surface area contributed by atoms with Gasteiger partial charge in [0.1, 0.15) is 0 Å². The van der Waals surface area contributed by atoms with Crippen molar-refractivity contribution in [2.24, 2.45) is 0 Å². The van der Waals surface area contributed by atoms with Gasteiger partial charge in [0, 0.05) is 5.56 Å². The van der Waals surface area contributed by atoms with E-state index in [2.05, 4.69) is 4.74 Å². The highest BCUT2D eigenvalue weighted by Crippen LogP contribution is 2.23. The largest absolute Gasteiger partial charge is 0.432 e. The van der Waals surface area contributed by atoms with Crippen LogP contribution in [0.25, 0.3) is 0 Å². The van der Waals surface area contributed by atoms with Crippen LogP contribution in [0, 0.1) is 5.82 Å². The van der Waals surface area contributed by atoms with Crippen LogP contribution < -0.4 is 4.74 Å². The maximum absolute atomic E-state index is 13.1. The predicted octanol–water partition coefficient (Wildman–Crippen LogP) is 3.17. The number of benzene rings is 1. The van der Waals surface area contributed by atoms with Gasteiger partial charge in [-0.05, 0) is 6.07 Å². The van der Waals surface area contributed by atoms with Crippen LogP contribution in [0.1, 0.15) is 5.56 Å². The smallest absolute Gasteiger partial charge is 0.387 e. The summed E-state index contributed by atoms with van der Waals surface area (Å²) in [7, 11) is 0. The van der Waals surface area contributed by atoms with Crippen LogP contribution in [0.3, 0.4) is 0 Å². The minimum absolute atomic E-state index is 0.0771. The van der Waals surface area contributed by atoms with Crippen molar-refractivity contribution in [2.45, 2.75) is 12.5 Å². The van der Waals surface area contributed by atoms with Crippen molar-refractivity contribution in [3.8, 4) is 5.75 Å². The molecule has 1 nitrogen and oxygen atoms in total. The molecule has 0 N–H and O–H groups in total. The van der Waals surface area contributed by atoms with E-state index in [0.717, 1.165) is 6.07 Å². The van der Waals surface area contributed by atoms with E-state index in [1.807, 2.05) is 0 Å². The first kappa shape index (κ1) is 10.2. The highest BCUT2D eigenvalue weighted by molar-refractivity contribution is 6.17. The highest BCUT2D eigenvalue weighted by Gasteiger charge is 2.12. The maximum Gasteiger partial charge on any atom is 0.387 e. The normalized spacial score (nSPS) is 10.5. The third kappa shape index (κ3) is 2.52. The molecule has 0 unspecified atom stereocenters. The van der Waals surface area contributed by atoms with E-state index in [-0.39, 0.29) is 11.4 Å². The van der Waals surface area contributed by atoms with Crippen LogP contribution in [0.2, 0.25) is 0 Å². The summed E-state index contributed by atoms with van der Waals surface area (Å²) in [4.78, 5) is 0. The van der Waals surface area contributed by atoms with E-state index in [1.165, 1.54) is 12.1 Å². The van der Waals surface area contributed by atoms with Gasteiger partial charge in [-0.15, -0.1) is 11.6 Å². The number of rotatable bonds is 3. The van der Waals surface area contributed by atoms with Crippen molar-refractivity contribution < 1.29 is 17.9 Å². The quantitative estimate of drug-likeness (QED) is 0.697. The Morgan fingerprint density at radius 3 is 2.62 bits per heavy atom. The molecule has 0 aromatic heterocycles. The highest BCUT2D eigenvalue weighted by atomic mass is 35.5. The SMILES string of the molecule is Fc1c(CCl)cccc1OC(F)F. The van der Waals surface area contributed by atoms with Crippen LogP contribution in [0.5, 0.6) is 5.75 Å². The lowest BCUT2D eigenvalue weighted by Crippen LogP contribution is -2.04. The second kappa shape index (κ2) is 4.37. The van der Waals surface area contributed by atoms with Gasteiger partial charge in [0.05, 0.1) is 5.88 Å². The fourth-order valence-corrected chi connectivity index (χ4v) is 1.05. The molecule has 1 rings (SSSR count). The molecule has 0 aliphatic rings. The molecule has 0 bridgehead atoms. The first-order chi connectivity index (χ1) is 6.15. The average Bonchev–Trinajstić information content (AvgIpc) is 2.08. The van der Waals surface area contributed by atoms with Crippen LogP contribution in [-0.4, -0.2) is 6.61 Å². The Morgan fingerprint density at radius 1 is 1.38 bits per heavy atom. The molecule has 0 fully saturated rings. The first-order valence-corrected chi connectivity index (χ1v) is 3.96. The molecule has 1 aromatic rings. The molecule has 13 heavy (non-hydrogen) atoms. The molecule has 5 heteroatoms. The summed E-state index contributed by atoms with van der Waals surface area (Å²) in [5, 5.41) is 0. The van der Waals surface area contributed by atoms with E-state index in [4.69, 9.17) is 11.6 Å². The van der Waals surface area contributed by atoms with Gasteiger partial charge < -0.3 is 4.74 Å². The second-order valence-corrected chi connectivity index (χ2v) is 2.51. The minimum atomic E-state index is -3.03. The zero-order valence-electron chi connectivity index (χ0n) is 6.44. The standard InChI is InChI=1S/C8H6ClF3O/c9-4-5-2-1-3-6(7(5)10)13-8(11)12/h1-3,8H,4H2. The zero-order chi connectivity index (χ0) is 9.84. The topological polar surface area (TPSA) is 9.23 Å². The second-order valence-electron chi connectivity index (χ2n) is 2.24. The monoisotopic (exact) mass is 210 g/mol. The van der Waals surface area contributed by atoms with Gasteiger partial charge in [-0.1, -0.05) is 12.1 Å². The Kier molecular flexibility index (Phi) is 3.42. The molecule has 0 saturated heterocycles. The van der Waals surface area contributed by atoms with Gasteiger partial charge in [0.25, 0.3) is 0 Å². The molecule has 0 atom stereocenters. The van der Waals surface area contributed by atoms with Crippen LogP contribution in [0.4, 0.5) is 13.2 Å². The summed E-state index contributed by atoms with van der Waals surface area (Å²) < 4.78 is 40.4. The van der Waals surface area contributed by atoms with Crippen molar-refractivity contribution in [3.63, 3.8) is 0 Å². The van der Waals surface area contributed by atoms with Crippen molar-refractivity contribution in [2.75, 3.05) is 0 Å². The Labute approximate surface area is 78.1 Å². The molecule has 1 aromatic carbocycles. The lowest BCUT2D eigenvalue weighted by molar-refractivity contribution is -0.0522. The van der Waals surface area contributed by atoms with Crippen molar-refractivity contribution in [1.29, 1.82) is 0 Å². The third-order valence-corrected chi connectivity index (χ3v) is 1.69. The fourth-order valence-electron chi connectivity index (χ4n) is 0.846. The van der Waals surface area contributed by atoms with E-state index in [1.54, 1.807) is 0 Å². The predicted molar refractivity (Wildman–Crippen MR) is 42.6 cm³/mol. The number of halogens is 4. The summed E-state index contributed by atoms with van der Waals surface area (Å²) in [5.74, 6) is -1.39. The summed E-state index contributed by atoms with van der Waals surface area (Å²) in [6.07, 6.45) is 0. The van der Waals surface area contributed by atoms with Crippen molar-refractivity contribution in [1.82, 2.24) is 0 Å². The van der Waals surface area contributed by atoms with Gasteiger partial charge >= 0.3 is 6.61 Å². The van der Waals surface area contributed by atoms with Crippen LogP contribution in [-0.2, 0) is 5.88 Å². The molecule has 0 heterocycles. The number of hydrogen-bond donors (Lipinski definition) is 0. The number of hydrogen-bond acceptors (Lipinski definition) is 1. The molecule has 0 aliphatic carbocycles. The van der Waals surface area contributed by atoms with Gasteiger partial charge in [-0.2, -0.15) is 8.78 Å². The Hall–Kier alpha value is -0.900. The van der Waals surface area contributed by atoms with Crippen LogP contribution in [0.15, 0.2) is 18.2 Å². The molecule has 0 aliphatic heterocycles. The first-order valence-electron chi connectivity index (χ1n) is 3.43.